The van der Waals surface area contributed by atoms with Crippen LogP contribution in [-0.4, -0.2) is 4.98 Å². The van der Waals surface area contributed by atoms with Crippen LogP contribution in [0.2, 0.25) is 0 Å². The molecular formula is C23H14F7NOS. The van der Waals surface area contributed by atoms with E-state index >= 15 is 0 Å². The zero-order valence-electron chi connectivity index (χ0n) is 16.9. The number of rotatable bonds is 6. The molecule has 1 heterocycles. The largest absolute Gasteiger partial charge is 0.432 e. The first-order valence-corrected chi connectivity index (χ1v) is 10.5. The van der Waals surface area contributed by atoms with Crippen molar-refractivity contribution in [2.24, 2.45) is 0 Å². The van der Waals surface area contributed by atoms with E-state index in [0.717, 1.165) is 34.4 Å². The summed E-state index contributed by atoms with van der Waals surface area (Å²) in [4.78, 5) is 4.30. The van der Waals surface area contributed by atoms with E-state index in [-0.39, 0.29) is 22.7 Å². The smallest absolute Gasteiger partial charge is 0.429 e. The van der Waals surface area contributed by atoms with E-state index in [2.05, 4.69) is 9.72 Å². The van der Waals surface area contributed by atoms with Gasteiger partial charge >= 0.3 is 6.11 Å². The van der Waals surface area contributed by atoms with Gasteiger partial charge in [-0.15, -0.1) is 11.3 Å². The third-order valence-electron chi connectivity index (χ3n) is 4.77. The highest BCUT2D eigenvalue weighted by molar-refractivity contribution is 7.21. The summed E-state index contributed by atoms with van der Waals surface area (Å²) in [7, 11) is 0. The SMILES string of the molecule is CCCc1ccc2nc(-c3cc(F)c(C(F)(F)Oc4cc(F)c(F)c(F)c4)c(F)c3)sc2c1. The van der Waals surface area contributed by atoms with Crippen molar-refractivity contribution in [3.8, 4) is 16.3 Å². The van der Waals surface area contributed by atoms with Crippen LogP contribution in [0.15, 0.2) is 42.5 Å². The maximum atomic E-state index is 14.6. The van der Waals surface area contributed by atoms with Gasteiger partial charge in [0.25, 0.3) is 0 Å². The van der Waals surface area contributed by atoms with Crippen LogP contribution in [0.4, 0.5) is 30.7 Å². The molecule has 0 bridgehead atoms. The first-order valence-electron chi connectivity index (χ1n) is 9.69. The van der Waals surface area contributed by atoms with E-state index in [1.54, 1.807) is 6.07 Å². The number of aromatic nitrogens is 1. The van der Waals surface area contributed by atoms with Crippen molar-refractivity contribution >= 4 is 21.6 Å². The number of hydrogen-bond donors (Lipinski definition) is 0. The molecule has 0 unspecified atom stereocenters. The van der Waals surface area contributed by atoms with Crippen molar-refractivity contribution in [2.45, 2.75) is 25.9 Å². The van der Waals surface area contributed by atoms with E-state index in [1.807, 2.05) is 19.1 Å². The Bertz CT molecular complexity index is 1310. The van der Waals surface area contributed by atoms with Crippen LogP contribution in [0.25, 0.3) is 20.8 Å². The van der Waals surface area contributed by atoms with Crippen molar-refractivity contribution in [2.75, 3.05) is 0 Å². The van der Waals surface area contributed by atoms with Gasteiger partial charge in [0.1, 0.15) is 28.0 Å². The fourth-order valence-corrected chi connectivity index (χ4v) is 4.32. The normalized spacial score (nSPS) is 11.9. The van der Waals surface area contributed by atoms with Crippen LogP contribution < -0.4 is 4.74 Å². The summed E-state index contributed by atoms with van der Waals surface area (Å²) < 4.78 is 103. The standard InChI is InChI=1S/C23H14F7NOS/c1-2-3-11-4-5-18-19(6-11)33-22(31-18)12-7-14(24)20(15(25)8-12)23(29,30)32-13-9-16(26)21(28)17(27)10-13/h4-10H,2-3H2,1H3. The van der Waals surface area contributed by atoms with Gasteiger partial charge in [0.15, 0.2) is 17.5 Å². The van der Waals surface area contributed by atoms with E-state index in [1.165, 1.54) is 0 Å². The molecule has 0 aliphatic rings. The fraction of sp³-hybridized carbons (Fsp3) is 0.174. The minimum Gasteiger partial charge on any atom is -0.429 e. The summed E-state index contributed by atoms with van der Waals surface area (Å²) in [5.41, 5.74) is -0.170. The number of ether oxygens (including phenoxy) is 1. The van der Waals surface area contributed by atoms with Crippen molar-refractivity contribution < 1.29 is 35.5 Å². The zero-order chi connectivity index (χ0) is 23.9. The van der Waals surface area contributed by atoms with Gasteiger partial charge in [-0.3, -0.25) is 0 Å². The predicted octanol–water partition coefficient (Wildman–Crippen LogP) is 7.74. The summed E-state index contributed by atoms with van der Waals surface area (Å²) in [5, 5.41) is 0.218. The number of aryl methyl sites for hydroxylation is 1. The number of thiazole rings is 1. The Balaban J connectivity index is 1.69. The van der Waals surface area contributed by atoms with E-state index in [4.69, 9.17) is 0 Å². The topological polar surface area (TPSA) is 22.1 Å². The minimum atomic E-state index is -4.65. The minimum absolute atomic E-state index is 0.0679. The monoisotopic (exact) mass is 485 g/mol. The molecular weight excluding hydrogens is 471 g/mol. The van der Waals surface area contributed by atoms with Crippen molar-refractivity contribution in [1.29, 1.82) is 0 Å². The average Bonchev–Trinajstić information content (AvgIpc) is 3.14. The van der Waals surface area contributed by atoms with E-state index < -0.39 is 46.5 Å². The Morgan fingerprint density at radius 1 is 0.879 bits per heavy atom. The molecule has 0 aliphatic heterocycles. The Morgan fingerprint density at radius 3 is 2.12 bits per heavy atom. The third kappa shape index (κ3) is 4.52. The van der Waals surface area contributed by atoms with Gasteiger partial charge in [-0.25, -0.2) is 26.9 Å². The molecule has 0 fully saturated rings. The van der Waals surface area contributed by atoms with E-state index in [0.29, 0.717) is 17.6 Å². The molecule has 0 saturated carbocycles. The Morgan fingerprint density at radius 2 is 1.52 bits per heavy atom. The molecule has 0 atom stereocenters. The number of fused-ring (bicyclic) bond motifs is 1. The number of hydrogen-bond acceptors (Lipinski definition) is 3. The van der Waals surface area contributed by atoms with Gasteiger partial charge in [-0.05, 0) is 36.2 Å². The number of halogens is 7. The molecule has 4 rings (SSSR count). The molecule has 10 heteroatoms. The average molecular weight is 485 g/mol. The van der Waals surface area contributed by atoms with Gasteiger partial charge in [0.2, 0.25) is 0 Å². The lowest BCUT2D eigenvalue weighted by Gasteiger charge is -2.20. The Kier molecular flexibility index (Phi) is 6.04. The predicted molar refractivity (Wildman–Crippen MR) is 110 cm³/mol. The summed E-state index contributed by atoms with van der Waals surface area (Å²) >= 11 is 1.15. The second kappa shape index (κ2) is 8.66. The highest BCUT2D eigenvalue weighted by atomic mass is 32.1. The number of alkyl halides is 2. The van der Waals surface area contributed by atoms with Gasteiger partial charge in [0, 0.05) is 17.7 Å². The highest BCUT2D eigenvalue weighted by Gasteiger charge is 2.41. The highest BCUT2D eigenvalue weighted by Crippen LogP contribution is 2.39. The van der Waals surface area contributed by atoms with Crippen molar-refractivity contribution in [3.63, 3.8) is 0 Å². The molecule has 4 aromatic rings. The van der Waals surface area contributed by atoms with Crippen molar-refractivity contribution in [1.82, 2.24) is 4.98 Å². The summed E-state index contributed by atoms with van der Waals surface area (Å²) in [6, 6.07) is 7.19. The number of nitrogens with zero attached hydrogens (tertiary/aromatic N) is 1. The zero-order valence-corrected chi connectivity index (χ0v) is 17.7. The fourth-order valence-electron chi connectivity index (χ4n) is 3.30. The molecule has 0 saturated heterocycles. The third-order valence-corrected chi connectivity index (χ3v) is 5.84. The van der Waals surface area contributed by atoms with Crippen LogP contribution in [0.3, 0.4) is 0 Å². The molecule has 0 aliphatic carbocycles. The Labute approximate surface area is 187 Å². The molecule has 0 radical (unpaired) electrons. The molecule has 0 amide bonds. The molecule has 0 spiro atoms. The summed E-state index contributed by atoms with van der Waals surface area (Å²) in [5.74, 6) is -9.93. The van der Waals surface area contributed by atoms with Crippen LogP contribution in [0, 0.1) is 29.1 Å². The van der Waals surface area contributed by atoms with Gasteiger partial charge in [0.05, 0.1) is 10.2 Å². The van der Waals surface area contributed by atoms with Crippen LogP contribution in [-0.2, 0) is 12.5 Å². The van der Waals surface area contributed by atoms with Crippen LogP contribution >= 0.6 is 11.3 Å². The van der Waals surface area contributed by atoms with Gasteiger partial charge < -0.3 is 4.74 Å². The molecule has 2 nitrogen and oxygen atoms in total. The maximum Gasteiger partial charge on any atom is 0.432 e. The van der Waals surface area contributed by atoms with E-state index in [9.17, 15) is 30.7 Å². The number of benzene rings is 3. The molecule has 33 heavy (non-hydrogen) atoms. The van der Waals surface area contributed by atoms with Crippen LogP contribution in [0.5, 0.6) is 5.75 Å². The quantitative estimate of drug-likeness (QED) is 0.206. The Hall–Kier alpha value is -3.14. The molecule has 0 N–H and O–H groups in total. The van der Waals surface area contributed by atoms with Gasteiger partial charge in [-0.1, -0.05) is 19.4 Å². The van der Waals surface area contributed by atoms with Crippen molar-refractivity contribution in [3.05, 3.63) is 82.7 Å². The van der Waals surface area contributed by atoms with Crippen LogP contribution in [0.1, 0.15) is 24.5 Å². The first kappa shape index (κ1) is 23.0. The summed E-state index contributed by atoms with van der Waals surface area (Å²) in [6.07, 6.45) is -2.87. The first-order chi connectivity index (χ1) is 15.6. The summed E-state index contributed by atoms with van der Waals surface area (Å²) in [6.45, 7) is 2.03. The maximum absolute atomic E-state index is 14.6. The molecule has 172 valence electrons. The molecule has 1 aromatic heterocycles. The lowest BCUT2D eigenvalue weighted by Crippen LogP contribution is -2.25. The lowest BCUT2D eigenvalue weighted by molar-refractivity contribution is -0.189. The van der Waals surface area contributed by atoms with Gasteiger partial charge in [-0.2, -0.15) is 8.78 Å². The molecule has 3 aromatic carbocycles. The second-order valence-corrected chi connectivity index (χ2v) is 8.24. The lowest BCUT2D eigenvalue weighted by atomic mass is 10.1. The second-order valence-electron chi connectivity index (χ2n) is 7.21.